The zero-order valence-corrected chi connectivity index (χ0v) is 16.2. The Morgan fingerprint density at radius 1 is 1.07 bits per heavy atom. The van der Waals surface area contributed by atoms with Crippen molar-refractivity contribution in [3.63, 3.8) is 0 Å². The van der Waals surface area contributed by atoms with Gasteiger partial charge in [-0.1, -0.05) is 32.1 Å². The number of urea groups is 1. The fourth-order valence-corrected chi connectivity index (χ4v) is 4.88. The largest absolute Gasteiger partial charge is 0.334 e. The van der Waals surface area contributed by atoms with Crippen LogP contribution < -0.4 is 5.32 Å². The van der Waals surface area contributed by atoms with Gasteiger partial charge < -0.3 is 10.2 Å². The Morgan fingerprint density at radius 2 is 1.79 bits per heavy atom. The molecule has 0 aromatic carbocycles. The Bertz CT molecular complexity index is 745. The van der Waals surface area contributed by atoms with Gasteiger partial charge in [0.15, 0.2) is 0 Å². The molecule has 1 unspecified atom stereocenters. The van der Waals surface area contributed by atoms with Crippen LogP contribution in [0.4, 0.5) is 4.79 Å². The maximum Gasteiger partial charge on any atom is 0.325 e. The molecule has 2 saturated heterocycles. The minimum Gasteiger partial charge on any atom is -0.334 e. The van der Waals surface area contributed by atoms with Crippen LogP contribution in [0.3, 0.4) is 0 Å². The van der Waals surface area contributed by atoms with Crippen LogP contribution in [0.2, 0.25) is 0 Å². The fraction of sp³-hybridized carbons (Fsp3) is 0.619. The molecule has 4 rings (SSSR count). The molecule has 2 aliphatic heterocycles. The lowest BCUT2D eigenvalue weighted by molar-refractivity contribution is -0.140. The zero-order valence-electron chi connectivity index (χ0n) is 16.2. The first-order valence-corrected chi connectivity index (χ1v) is 10.4. The molecule has 150 valence electrons. The van der Waals surface area contributed by atoms with Crippen LogP contribution in [0.1, 0.15) is 69.4 Å². The predicted octanol–water partition coefficient (Wildman–Crippen LogP) is 2.78. The van der Waals surface area contributed by atoms with Gasteiger partial charge in [0.2, 0.25) is 5.91 Å². The number of pyridine rings is 1. The second kappa shape index (κ2) is 7.89. The van der Waals surface area contributed by atoms with E-state index in [2.05, 4.69) is 10.3 Å². The molecule has 0 radical (unpaired) electrons. The van der Waals surface area contributed by atoms with Crippen molar-refractivity contribution in [3.05, 3.63) is 30.1 Å². The standard InChI is InChI=1S/C21H28N4O3/c26-18(15-25-19(27)21(23-20(25)28)10-4-2-5-11-21)24-14-6-1-3-7-17(24)16-8-12-22-13-9-16/h8-9,12-13,17H,1-7,10-11,14-15H2,(H,23,28). The maximum absolute atomic E-state index is 13.2. The maximum atomic E-state index is 13.2. The molecule has 0 bridgehead atoms. The summed E-state index contributed by atoms with van der Waals surface area (Å²) < 4.78 is 0. The van der Waals surface area contributed by atoms with Gasteiger partial charge in [-0.05, 0) is 43.4 Å². The summed E-state index contributed by atoms with van der Waals surface area (Å²) in [6, 6.07) is 3.44. The van der Waals surface area contributed by atoms with Crippen molar-refractivity contribution in [1.82, 2.24) is 20.1 Å². The van der Waals surface area contributed by atoms with Gasteiger partial charge in [-0.3, -0.25) is 19.5 Å². The van der Waals surface area contributed by atoms with Gasteiger partial charge in [0, 0.05) is 18.9 Å². The smallest absolute Gasteiger partial charge is 0.325 e. The molecule has 1 spiro atoms. The molecule has 3 fully saturated rings. The summed E-state index contributed by atoms with van der Waals surface area (Å²) in [5, 5.41) is 2.89. The number of nitrogens with zero attached hydrogens (tertiary/aromatic N) is 3. The van der Waals surface area contributed by atoms with E-state index in [1.807, 2.05) is 17.0 Å². The molecule has 1 atom stereocenters. The Labute approximate surface area is 165 Å². The average Bonchev–Trinajstić information content (AvgIpc) is 2.90. The molecule has 1 aromatic heterocycles. The molecule has 3 heterocycles. The van der Waals surface area contributed by atoms with Crippen molar-refractivity contribution in [2.45, 2.75) is 69.4 Å². The van der Waals surface area contributed by atoms with E-state index in [1.54, 1.807) is 12.4 Å². The van der Waals surface area contributed by atoms with Crippen molar-refractivity contribution >= 4 is 17.8 Å². The van der Waals surface area contributed by atoms with Gasteiger partial charge in [-0.25, -0.2) is 4.79 Å². The third-order valence-electron chi connectivity index (χ3n) is 6.41. The minimum absolute atomic E-state index is 0.0255. The summed E-state index contributed by atoms with van der Waals surface area (Å²) >= 11 is 0. The first kappa shape index (κ1) is 18.9. The summed E-state index contributed by atoms with van der Waals surface area (Å²) in [6.07, 6.45) is 11.8. The van der Waals surface area contributed by atoms with E-state index >= 15 is 0 Å². The number of hydrogen-bond donors (Lipinski definition) is 1. The van der Waals surface area contributed by atoms with Crippen LogP contribution in [0, 0.1) is 0 Å². The van der Waals surface area contributed by atoms with Gasteiger partial charge in [-0.15, -0.1) is 0 Å². The van der Waals surface area contributed by atoms with Crippen LogP contribution in [0.15, 0.2) is 24.5 Å². The summed E-state index contributed by atoms with van der Waals surface area (Å²) in [4.78, 5) is 45.8. The Morgan fingerprint density at radius 3 is 2.54 bits per heavy atom. The van der Waals surface area contributed by atoms with E-state index in [9.17, 15) is 14.4 Å². The molecule has 1 N–H and O–H groups in total. The number of hydrogen-bond acceptors (Lipinski definition) is 4. The fourth-order valence-electron chi connectivity index (χ4n) is 4.88. The molecule has 4 amide bonds. The quantitative estimate of drug-likeness (QED) is 0.813. The molecule has 28 heavy (non-hydrogen) atoms. The highest BCUT2D eigenvalue weighted by atomic mass is 16.2. The van der Waals surface area contributed by atoms with Crippen LogP contribution in [-0.4, -0.2) is 51.3 Å². The molecule has 7 heteroatoms. The van der Waals surface area contributed by atoms with Crippen LogP contribution in [-0.2, 0) is 9.59 Å². The van der Waals surface area contributed by atoms with Gasteiger partial charge in [-0.2, -0.15) is 0 Å². The summed E-state index contributed by atoms with van der Waals surface area (Å²) in [6.45, 7) is 0.481. The van der Waals surface area contributed by atoms with E-state index < -0.39 is 11.6 Å². The Balaban J connectivity index is 1.51. The summed E-state index contributed by atoms with van der Waals surface area (Å²) in [7, 11) is 0. The van der Waals surface area contributed by atoms with Crippen LogP contribution >= 0.6 is 0 Å². The first-order chi connectivity index (χ1) is 13.6. The lowest BCUT2D eigenvalue weighted by atomic mass is 9.82. The van der Waals surface area contributed by atoms with Crippen molar-refractivity contribution in [3.8, 4) is 0 Å². The SMILES string of the molecule is O=C1NC2(CCCCC2)C(=O)N1CC(=O)N1CCCCCC1c1ccncc1. The van der Waals surface area contributed by atoms with Crippen molar-refractivity contribution < 1.29 is 14.4 Å². The molecular formula is C21H28N4O3. The number of aromatic nitrogens is 1. The Kier molecular flexibility index (Phi) is 5.33. The highest BCUT2D eigenvalue weighted by Gasteiger charge is 2.52. The first-order valence-electron chi connectivity index (χ1n) is 10.4. The van der Waals surface area contributed by atoms with Gasteiger partial charge in [0.25, 0.3) is 5.91 Å². The van der Waals surface area contributed by atoms with E-state index in [0.717, 1.165) is 55.4 Å². The van der Waals surface area contributed by atoms with Crippen LogP contribution in [0.25, 0.3) is 0 Å². The minimum atomic E-state index is -0.779. The summed E-state index contributed by atoms with van der Waals surface area (Å²) in [5.74, 6) is -0.374. The number of carbonyl (C=O) groups is 3. The number of imide groups is 1. The number of nitrogens with one attached hydrogen (secondary N) is 1. The van der Waals surface area contributed by atoms with E-state index in [0.29, 0.717) is 19.4 Å². The second-order valence-corrected chi connectivity index (χ2v) is 8.20. The second-order valence-electron chi connectivity index (χ2n) is 8.20. The summed E-state index contributed by atoms with van der Waals surface area (Å²) in [5.41, 5.74) is 0.282. The molecule has 1 aliphatic carbocycles. The molecule has 1 saturated carbocycles. The molecule has 1 aromatic rings. The molecule has 3 aliphatic rings. The third-order valence-corrected chi connectivity index (χ3v) is 6.41. The topological polar surface area (TPSA) is 82.6 Å². The highest BCUT2D eigenvalue weighted by molar-refractivity contribution is 6.09. The van der Waals surface area contributed by atoms with Crippen LogP contribution in [0.5, 0.6) is 0 Å². The van der Waals surface area contributed by atoms with Gasteiger partial charge in [0.05, 0.1) is 6.04 Å². The lowest BCUT2D eigenvalue weighted by Crippen LogP contribution is -2.49. The third kappa shape index (κ3) is 3.50. The normalized spacial score (nSPS) is 24.9. The lowest BCUT2D eigenvalue weighted by Gasteiger charge is -2.32. The zero-order chi connectivity index (χ0) is 19.6. The molecule has 7 nitrogen and oxygen atoms in total. The molecular weight excluding hydrogens is 356 g/mol. The monoisotopic (exact) mass is 384 g/mol. The number of amides is 4. The van der Waals surface area contributed by atoms with Crippen molar-refractivity contribution in [2.24, 2.45) is 0 Å². The van der Waals surface area contributed by atoms with Gasteiger partial charge >= 0.3 is 6.03 Å². The number of likely N-dealkylation sites (tertiary alicyclic amines) is 1. The predicted molar refractivity (Wildman–Crippen MR) is 103 cm³/mol. The van der Waals surface area contributed by atoms with E-state index in [1.165, 1.54) is 0 Å². The number of rotatable bonds is 3. The van der Waals surface area contributed by atoms with Gasteiger partial charge in [0.1, 0.15) is 12.1 Å². The Hall–Kier alpha value is -2.44. The number of carbonyl (C=O) groups excluding carboxylic acids is 3. The average molecular weight is 384 g/mol. The van der Waals surface area contributed by atoms with E-state index in [-0.39, 0.29) is 24.4 Å². The van der Waals surface area contributed by atoms with E-state index in [4.69, 9.17) is 0 Å². The highest BCUT2D eigenvalue weighted by Crippen LogP contribution is 2.34. The van der Waals surface area contributed by atoms with Crippen molar-refractivity contribution in [1.29, 1.82) is 0 Å². The van der Waals surface area contributed by atoms with Crippen molar-refractivity contribution in [2.75, 3.05) is 13.1 Å².